The number of rotatable bonds is 5. The van der Waals surface area contributed by atoms with Gasteiger partial charge >= 0.3 is 0 Å². The molecule has 0 aromatic heterocycles. The molecule has 0 heterocycles. The Kier molecular flexibility index (Phi) is 5.48. The molecule has 1 amide bonds. The maximum absolute atomic E-state index is 11.8. The third-order valence-electron chi connectivity index (χ3n) is 2.72. The number of ether oxygens (including phenoxy) is 1. The highest BCUT2D eigenvalue weighted by molar-refractivity contribution is 7.89. The molecule has 0 fully saturated rings. The molecule has 0 aliphatic heterocycles. The fourth-order valence-electron chi connectivity index (χ4n) is 1.66. The number of hydrogen-bond acceptors (Lipinski definition) is 4. The van der Waals surface area contributed by atoms with Crippen LogP contribution in [0, 0.1) is 0 Å². The molecule has 9 heteroatoms. The van der Waals surface area contributed by atoms with Gasteiger partial charge in [-0.1, -0.05) is 23.2 Å². The summed E-state index contributed by atoms with van der Waals surface area (Å²) < 4.78 is 27.5. The fraction of sp³-hybridized carbons (Fsp3) is 0.0714. The van der Waals surface area contributed by atoms with Crippen molar-refractivity contribution in [1.82, 2.24) is 0 Å². The normalized spacial score (nSPS) is 11.1. The lowest BCUT2D eigenvalue weighted by molar-refractivity contribution is -0.118. The van der Waals surface area contributed by atoms with Crippen LogP contribution >= 0.6 is 23.2 Å². The Morgan fingerprint density at radius 3 is 2.35 bits per heavy atom. The lowest BCUT2D eigenvalue weighted by atomic mass is 10.3. The summed E-state index contributed by atoms with van der Waals surface area (Å²) in [7, 11) is -3.77. The molecule has 2 aromatic carbocycles. The molecule has 0 unspecified atom stereocenters. The number of carbonyl (C=O) groups is 1. The molecule has 0 spiro atoms. The minimum Gasteiger partial charge on any atom is -0.482 e. The zero-order valence-electron chi connectivity index (χ0n) is 11.6. The van der Waals surface area contributed by atoms with Crippen molar-refractivity contribution in [1.29, 1.82) is 0 Å². The monoisotopic (exact) mass is 374 g/mol. The predicted molar refractivity (Wildman–Crippen MR) is 88.4 cm³/mol. The van der Waals surface area contributed by atoms with Gasteiger partial charge in [-0.15, -0.1) is 0 Å². The summed E-state index contributed by atoms with van der Waals surface area (Å²) in [6.45, 7) is -0.266. The van der Waals surface area contributed by atoms with E-state index in [2.05, 4.69) is 5.32 Å². The number of nitrogens with one attached hydrogen (secondary N) is 1. The summed E-state index contributed by atoms with van der Waals surface area (Å²) in [5.41, 5.74) is 0.410. The second-order valence-electron chi connectivity index (χ2n) is 4.48. The highest BCUT2D eigenvalue weighted by Crippen LogP contribution is 2.27. The Bertz CT molecular complexity index is 823. The van der Waals surface area contributed by atoms with Crippen molar-refractivity contribution >= 4 is 44.8 Å². The molecular formula is C14H12Cl2N2O4S. The summed E-state index contributed by atoms with van der Waals surface area (Å²) in [5.74, 6) is -0.102. The van der Waals surface area contributed by atoms with E-state index in [-0.39, 0.29) is 11.5 Å². The quantitative estimate of drug-likeness (QED) is 0.839. The zero-order chi connectivity index (χ0) is 17.0. The van der Waals surface area contributed by atoms with E-state index in [0.29, 0.717) is 21.5 Å². The number of sulfonamides is 1. The maximum atomic E-state index is 11.8. The van der Waals surface area contributed by atoms with Crippen LogP contribution in [0.4, 0.5) is 5.69 Å². The molecular weight excluding hydrogens is 363 g/mol. The molecule has 2 aromatic rings. The summed E-state index contributed by atoms with van der Waals surface area (Å²) in [4.78, 5) is 11.8. The largest absolute Gasteiger partial charge is 0.482 e. The van der Waals surface area contributed by atoms with Crippen LogP contribution in [-0.4, -0.2) is 20.9 Å². The van der Waals surface area contributed by atoms with Gasteiger partial charge in [-0.2, -0.15) is 0 Å². The molecule has 0 saturated heterocycles. The molecule has 0 atom stereocenters. The zero-order valence-corrected chi connectivity index (χ0v) is 14.0. The topological polar surface area (TPSA) is 98.5 Å². The molecule has 0 aliphatic rings. The van der Waals surface area contributed by atoms with Crippen LogP contribution in [0.15, 0.2) is 47.4 Å². The Morgan fingerprint density at radius 2 is 1.78 bits per heavy atom. The van der Waals surface area contributed by atoms with Gasteiger partial charge in [-0.3, -0.25) is 4.79 Å². The van der Waals surface area contributed by atoms with E-state index in [1.54, 1.807) is 12.1 Å². The Balaban J connectivity index is 1.94. The van der Waals surface area contributed by atoms with Crippen molar-refractivity contribution in [2.24, 2.45) is 5.14 Å². The number of carbonyl (C=O) groups excluding carboxylic acids is 1. The number of nitrogens with two attached hydrogens (primary N) is 1. The number of benzene rings is 2. The van der Waals surface area contributed by atoms with Crippen LogP contribution in [0.25, 0.3) is 0 Å². The van der Waals surface area contributed by atoms with E-state index in [1.807, 2.05) is 0 Å². The molecule has 23 heavy (non-hydrogen) atoms. The molecule has 2 rings (SSSR count). The third kappa shape index (κ3) is 5.11. The van der Waals surface area contributed by atoms with Crippen molar-refractivity contribution in [3.8, 4) is 5.75 Å². The summed E-state index contributed by atoms with van der Waals surface area (Å²) in [6.07, 6.45) is 0. The standard InChI is InChI=1S/C14H12Cl2N2O4S/c15-9-1-6-13(12(16)7-9)22-8-14(19)18-10-2-4-11(5-3-10)23(17,20)21/h1-7H,8H2,(H,18,19)(H2,17,20,21). The van der Waals surface area contributed by atoms with Crippen LogP contribution in [-0.2, 0) is 14.8 Å². The lowest BCUT2D eigenvalue weighted by Crippen LogP contribution is -2.20. The molecule has 0 aliphatic carbocycles. The average molecular weight is 375 g/mol. The van der Waals surface area contributed by atoms with Crippen molar-refractivity contribution in [3.63, 3.8) is 0 Å². The van der Waals surface area contributed by atoms with Crippen LogP contribution in [0.1, 0.15) is 0 Å². The van der Waals surface area contributed by atoms with Gasteiger partial charge in [0, 0.05) is 10.7 Å². The smallest absolute Gasteiger partial charge is 0.262 e. The molecule has 0 bridgehead atoms. The number of primary sulfonamides is 1. The van der Waals surface area contributed by atoms with E-state index < -0.39 is 15.9 Å². The summed E-state index contributed by atoms with van der Waals surface area (Å²) in [6, 6.07) is 10.1. The van der Waals surface area contributed by atoms with Crippen molar-refractivity contribution in [3.05, 3.63) is 52.5 Å². The number of amides is 1. The first-order chi connectivity index (χ1) is 10.8. The highest BCUT2D eigenvalue weighted by Gasteiger charge is 2.09. The van der Waals surface area contributed by atoms with E-state index in [4.69, 9.17) is 33.1 Å². The molecule has 0 radical (unpaired) electrons. The predicted octanol–water partition coefficient (Wildman–Crippen LogP) is 2.66. The first-order valence-electron chi connectivity index (χ1n) is 6.26. The second kappa shape index (κ2) is 7.18. The van der Waals surface area contributed by atoms with Gasteiger partial charge in [0.25, 0.3) is 5.91 Å². The minimum atomic E-state index is -3.77. The molecule has 6 nitrogen and oxygen atoms in total. The number of anilines is 1. The van der Waals surface area contributed by atoms with Crippen LogP contribution in [0.2, 0.25) is 10.0 Å². The van der Waals surface area contributed by atoms with E-state index in [1.165, 1.54) is 30.3 Å². The van der Waals surface area contributed by atoms with Gasteiger partial charge < -0.3 is 10.1 Å². The Hall–Kier alpha value is -1.80. The second-order valence-corrected chi connectivity index (χ2v) is 6.89. The van der Waals surface area contributed by atoms with Crippen molar-refractivity contribution in [2.75, 3.05) is 11.9 Å². The molecule has 3 N–H and O–H groups in total. The first kappa shape index (κ1) is 17.6. The van der Waals surface area contributed by atoms with Gasteiger partial charge in [0.2, 0.25) is 10.0 Å². The van der Waals surface area contributed by atoms with E-state index in [9.17, 15) is 13.2 Å². The SMILES string of the molecule is NS(=O)(=O)c1ccc(NC(=O)COc2ccc(Cl)cc2Cl)cc1. The van der Waals surface area contributed by atoms with Crippen LogP contribution in [0.5, 0.6) is 5.75 Å². The minimum absolute atomic E-state index is 0.0419. The van der Waals surface area contributed by atoms with Gasteiger partial charge in [0.1, 0.15) is 5.75 Å². The van der Waals surface area contributed by atoms with E-state index in [0.717, 1.165) is 0 Å². The van der Waals surface area contributed by atoms with Gasteiger partial charge in [-0.05, 0) is 42.5 Å². The average Bonchev–Trinajstić information content (AvgIpc) is 2.46. The molecule has 122 valence electrons. The number of hydrogen-bond donors (Lipinski definition) is 2. The van der Waals surface area contributed by atoms with Crippen LogP contribution in [0.3, 0.4) is 0 Å². The van der Waals surface area contributed by atoms with Gasteiger partial charge in [0.05, 0.1) is 9.92 Å². The molecule has 0 saturated carbocycles. The van der Waals surface area contributed by atoms with Gasteiger partial charge in [0.15, 0.2) is 6.61 Å². The van der Waals surface area contributed by atoms with Crippen molar-refractivity contribution in [2.45, 2.75) is 4.90 Å². The fourth-order valence-corrected chi connectivity index (χ4v) is 2.64. The Morgan fingerprint density at radius 1 is 1.13 bits per heavy atom. The van der Waals surface area contributed by atoms with E-state index >= 15 is 0 Å². The first-order valence-corrected chi connectivity index (χ1v) is 8.56. The Labute approximate surface area is 143 Å². The van der Waals surface area contributed by atoms with Crippen LogP contribution < -0.4 is 15.2 Å². The summed E-state index contributed by atoms with van der Waals surface area (Å²) >= 11 is 11.7. The van der Waals surface area contributed by atoms with Gasteiger partial charge in [-0.25, -0.2) is 13.6 Å². The number of halogens is 2. The van der Waals surface area contributed by atoms with Crippen molar-refractivity contribution < 1.29 is 17.9 Å². The maximum Gasteiger partial charge on any atom is 0.262 e. The lowest BCUT2D eigenvalue weighted by Gasteiger charge is -2.09. The third-order valence-corrected chi connectivity index (χ3v) is 4.18. The summed E-state index contributed by atoms with van der Waals surface area (Å²) in [5, 5.41) is 8.30. The highest BCUT2D eigenvalue weighted by atomic mass is 35.5.